The molecule has 0 spiro atoms. The summed E-state index contributed by atoms with van der Waals surface area (Å²) < 4.78 is 1.38. The second-order valence-corrected chi connectivity index (χ2v) is 6.47. The summed E-state index contributed by atoms with van der Waals surface area (Å²) in [7, 11) is 1.45. The third-order valence-electron chi connectivity index (χ3n) is 4.41. The first-order valence-corrected chi connectivity index (χ1v) is 9.27. The fraction of sp³-hybridized carbons (Fsp3) is 0.182. The van der Waals surface area contributed by atoms with Gasteiger partial charge in [0.05, 0.1) is 12.1 Å². The molecule has 2 N–H and O–H groups in total. The molecule has 0 saturated heterocycles. The molecule has 3 rings (SSSR count). The van der Waals surface area contributed by atoms with E-state index in [9.17, 15) is 14.4 Å². The molecule has 7 heteroatoms. The molecule has 29 heavy (non-hydrogen) atoms. The summed E-state index contributed by atoms with van der Waals surface area (Å²) in [5.41, 5.74) is 1.50. The van der Waals surface area contributed by atoms with Crippen LogP contribution in [-0.4, -0.2) is 35.0 Å². The van der Waals surface area contributed by atoms with Crippen LogP contribution in [-0.2, 0) is 13.0 Å². The lowest BCUT2D eigenvalue weighted by atomic mass is 10.1. The Morgan fingerprint density at radius 1 is 1.03 bits per heavy atom. The number of pyridine rings is 2. The molecule has 2 amide bonds. The van der Waals surface area contributed by atoms with Gasteiger partial charge in [-0.25, -0.2) is 0 Å². The van der Waals surface area contributed by atoms with Crippen LogP contribution in [0.25, 0.3) is 0 Å². The number of carbonyl (C=O) groups is 2. The number of aromatic nitrogens is 2. The van der Waals surface area contributed by atoms with Crippen molar-refractivity contribution in [2.24, 2.45) is 0 Å². The average molecular weight is 390 g/mol. The van der Waals surface area contributed by atoms with Crippen LogP contribution in [0.2, 0.25) is 0 Å². The minimum absolute atomic E-state index is 0.0687. The first-order chi connectivity index (χ1) is 14.1. The zero-order valence-corrected chi connectivity index (χ0v) is 16.1. The lowest BCUT2D eigenvalue weighted by Gasteiger charge is -2.12. The summed E-state index contributed by atoms with van der Waals surface area (Å²) in [6.45, 7) is 0.654. The largest absolute Gasteiger partial charge is 0.355 e. The molecule has 0 atom stereocenters. The zero-order chi connectivity index (χ0) is 20.6. The minimum Gasteiger partial charge on any atom is -0.355 e. The smallest absolute Gasteiger partial charge is 0.263 e. The van der Waals surface area contributed by atoms with Crippen molar-refractivity contribution < 1.29 is 9.59 Å². The second-order valence-electron chi connectivity index (χ2n) is 6.47. The minimum atomic E-state index is -0.528. The fourth-order valence-corrected chi connectivity index (χ4v) is 2.91. The van der Waals surface area contributed by atoms with E-state index in [0.717, 1.165) is 11.3 Å². The van der Waals surface area contributed by atoms with Gasteiger partial charge in [0.1, 0.15) is 5.56 Å². The van der Waals surface area contributed by atoms with Gasteiger partial charge in [0.15, 0.2) is 0 Å². The molecule has 7 nitrogen and oxygen atoms in total. The second kappa shape index (κ2) is 9.45. The Bertz CT molecular complexity index is 1050. The van der Waals surface area contributed by atoms with Crippen LogP contribution in [0.4, 0.5) is 0 Å². The first-order valence-electron chi connectivity index (χ1n) is 9.27. The third-order valence-corrected chi connectivity index (χ3v) is 4.41. The molecule has 2 aromatic heterocycles. The highest BCUT2D eigenvalue weighted by atomic mass is 16.2. The molecule has 0 bridgehead atoms. The van der Waals surface area contributed by atoms with Crippen LogP contribution in [0.1, 0.15) is 32.0 Å². The predicted octanol–water partition coefficient (Wildman–Crippen LogP) is 1.62. The van der Waals surface area contributed by atoms with Gasteiger partial charge in [-0.15, -0.1) is 0 Å². The Labute approximate surface area is 168 Å². The topological polar surface area (TPSA) is 93.1 Å². The van der Waals surface area contributed by atoms with Crippen molar-refractivity contribution in [2.75, 3.05) is 13.6 Å². The number of hydrogen-bond donors (Lipinski definition) is 2. The van der Waals surface area contributed by atoms with Gasteiger partial charge in [-0.3, -0.25) is 19.4 Å². The predicted molar refractivity (Wildman–Crippen MR) is 110 cm³/mol. The first kappa shape index (κ1) is 20.0. The molecule has 0 aliphatic rings. The van der Waals surface area contributed by atoms with Gasteiger partial charge >= 0.3 is 0 Å². The number of nitrogens with one attached hydrogen (secondary N) is 2. The van der Waals surface area contributed by atoms with Crippen LogP contribution in [0, 0.1) is 0 Å². The van der Waals surface area contributed by atoms with E-state index in [4.69, 9.17) is 0 Å². The zero-order valence-electron chi connectivity index (χ0n) is 16.1. The summed E-state index contributed by atoms with van der Waals surface area (Å²) in [4.78, 5) is 41.7. The van der Waals surface area contributed by atoms with Gasteiger partial charge in [0.2, 0.25) is 0 Å². The molecular formula is C22H22N4O3. The summed E-state index contributed by atoms with van der Waals surface area (Å²) in [5, 5.41) is 5.27. The van der Waals surface area contributed by atoms with Gasteiger partial charge < -0.3 is 15.2 Å². The van der Waals surface area contributed by atoms with E-state index < -0.39 is 11.5 Å². The SMILES string of the molecule is CNC(=O)c1cc(C(=O)NCCc2ccccn2)cn(Cc2ccccc2)c1=O. The van der Waals surface area contributed by atoms with Crippen molar-refractivity contribution in [1.82, 2.24) is 20.2 Å². The Morgan fingerprint density at radius 2 is 1.79 bits per heavy atom. The molecule has 3 aromatic rings. The Kier molecular flexibility index (Phi) is 6.52. The number of benzene rings is 1. The van der Waals surface area contributed by atoms with Gasteiger partial charge in [-0.1, -0.05) is 36.4 Å². The number of rotatable bonds is 7. The summed E-state index contributed by atoms with van der Waals surface area (Å²) >= 11 is 0. The van der Waals surface area contributed by atoms with Crippen molar-refractivity contribution >= 4 is 11.8 Å². The maximum Gasteiger partial charge on any atom is 0.263 e. The van der Waals surface area contributed by atoms with Crippen molar-refractivity contribution in [1.29, 1.82) is 0 Å². The lowest BCUT2D eigenvalue weighted by molar-refractivity contribution is 0.0953. The number of amides is 2. The molecule has 1 aromatic carbocycles. The normalized spacial score (nSPS) is 10.4. The van der Waals surface area contributed by atoms with E-state index in [0.29, 0.717) is 13.0 Å². The van der Waals surface area contributed by atoms with Crippen LogP contribution >= 0.6 is 0 Å². The van der Waals surface area contributed by atoms with Gasteiger partial charge in [0, 0.05) is 38.1 Å². The Morgan fingerprint density at radius 3 is 2.48 bits per heavy atom. The molecule has 0 radical (unpaired) electrons. The molecule has 2 heterocycles. The van der Waals surface area contributed by atoms with Crippen LogP contribution in [0.5, 0.6) is 0 Å². The van der Waals surface area contributed by atoms with Crippen molar-refractivity contribution in [3.8, 4) is 0 Å². The van der Waals surface area contributed by atoms with Gasteiger partial charge in [-0.2, -0.15) is 0 Å². The monoisotopic (exact) mass is 390 g/mol. The van der Waals surface area contributed by atoms with E-state index in [-0.39, 0.29) is 23.6 Å². The number of carbonyl (C=O) groups excluding carboxylic acids is 2. The maximum absolute atomic E-state index is 12.7. The van der Waals surface area contributed by atoms with E-state index in [1.54, 1.807) is 6.20 Å². The quantitative estimate of drug-likeness (QED) is 0.641. The molecule has 0 aliphatic carbocycles. The van der Waals surface area contributed by atoms with Crippen LogP contribution in [0.3, 0.4) is 0 Å². The van der Waals surface area contributed by atoms with Crippen LogP contribution < -0.4 is 16.2 Å². The molecule has 0 unspecified atom stereocenters. The third kappa shape index (κ3) is 5.16. The average Bonchev–Trinajstić information content (AvgIpc) is 2.76. The standard InChI is InChI=1S/C22H22N4O3/c1-23-21(28)19-13-17(20(27)25-12-10-18-9-5-6-11-24-18)15-26(22(19)29)14-16-7-3-2-4-8-16/h2-9,11,13,15H,10,12,14H2,1H3,(H,23,28)(H,25,27). The molecule has 0 fully saturated rings. The highest BCUT2D eigenvalue weighted by molar-refractivity contribution is 5.99. The fourth-order valence-electron chi connectivity index (χ4n) is 2.91. The molecule has 0 saturated carbocycles. The highest BCUT2D eigenvalue weighted by Gasteiger charge is 2.17. The van der Waals surface area contributed by atoms with Crippen molar-refractivity contribution in [3.63, 3.8) is 0 Å². The van der Waals surface area contributed by atoms with E-state index in [1.807, 2.05) is 48.5 Å². The highest BCUT2D eigenvalue weighted by Crippen LogP contribution is 2.06. The van der Waals surface area contributed by atoms with Crippen molar-refractivity contribution in [3.05, 3.63) is 99.7 Å². The summed E-state index contributed by atoms with van der Waals surface area (Å²) in [5.74, 6) is -0.882. The molecular weight excluding hydrogens is 368 g/mol. The summed E-state index contributed by atoms with van der Waals surface area (Å²) in [6, 6.07) is 16.3. The van der Waals surface area contributed by atoms with E-state index in [1.165, 1.54) is 23.9 Å². The number of nitrogens with zero attached hydrogens (tertiary/aromatic N) is 2. The number of hydrogen-bond acceptors (Lipinski definition) is 4. The van der Waals surface area contributed by atoms with E-state index >= 15 is 0 Å². The Balaban J connectivity index is 1.82. The van der Waals surface area contributed by atoms with Gasteiger partial charge in [0.25, 0.3) is 17.4 Å². The lowest BCUT2D eigenvalue weighted by Crippen LogP contribution is -2.34. The molecule has 0 aliphatic heterocycles. The van der Waals surface area contributed by atoms with Crippen molar-refractivity contribution in [2.45, 2.75) is 13.0 Å². The van der Waals surface area contributed by atoms with Crippen LogP contribution in [0.15, 0.2) is 71.8 Å². The summed E-state index contributed by atoms with van der Waals surface area (Å²) in [6.07, 6.45) is 3.77. The van der Waals surface area contributed by atoms with Gasteiger partial charge in [-0.05, 0) is 23.8 Å². The Hall–Kier alpha value is -3.74. The van der Waals surface area contributed by atoms with E-state index in [2.05, 4.69) is 15.6 Å². The molecule has 148 valence electrons. The maximum atomic E-state index is 12.7.